The summed E-state index contributed by atoms with van der Waals surface area (Å²) >= 11 is 1.74. The first-order valence-corrected chi connectivity index (χ1v) is 11.1. The van der Waals surface area contributed by atoms with E-state index in [4.69, 9.17) is 9.47 Å². The molecule has 1 aliphatic carbocycles. The standard InChI is InChI=1S/C21H32N2O4S/c1-21(2,3)27-20(25)22-17-10-11-18(16(12-17)14-28-4)23-19(24)26-13-15-8-6-5-7-9-15/h5-9,16-18H,10-14H2,1-4H3,(H,22,25)(H,23,24). The SMILES string of the molecule is CSCC1CC(NC(=O)OC(C)(C)C)CCC1NC(=O)OCc1ccccc1. The molecule has 0 heterocycles. The molecule has 2 rings (SSSR count). The van der Waals surface area contributed by atoms with E-state index in [0.717, 1.165) is 30.6 Å². The van der Waals surface area contributed by atoms with Crippen molar-refractivity contribution in [3.05, 3.63) is 35.9 Å². The number of ether oxygens (including phenoxy) is 2. The Morgan fingerprint density at radius 3 is 2.46 bits per heavy atom. The summed E-state index contributed by atoms with van der Waals surface area (Å²) in [7, 11) is 0. The number of benzene rings is 1. The molecule has 0 saturated heterocycles. The molecule has 2 N–H and O–H groups in total. The van der Waals surface area contributed by atoms with Crippen LogP contribution in [-0.4, -0.2) is 41.9 Å². The van der Waals surface area contributed by atoms with Crippen molar-refractivity contribution in [1.29, 1.82) is 0 Å². The van der Waals surface area contributed by atoms with Gasteiger partial charge in [-0.15, -0.1) is 0 Å². The molecule has 156 valence electrons. The molecular weight excluding hydrogens is 376 g/mol. The molecule has 1 aromatic rings. The van der Waals surface area contributed by atoms with E-state index in [1.54, 1.807) is 11.8 Å². The van der Waals surface area contributed by atoms with Crippen molar-refractivity contribution in [3.63, 3.8) is 0 Å². The molecule has 3 unspecified atom stereocenters. The minimum atomic E-state index is -0.510. The number of carbonyl (C=O) groups excluding carboxylic acids is 2. The summed E-state index contributed by atoms with van der Waals surface area (Å²) in [5, 5.41) is 5.99. The molecule has 2 amide bonds. The number of hydrogen-bond acceptors (Lipinski definition) is 5. The highest BCUT2D eigenvalue weighted by Crippen LogP contribution is 2.28. The number of carbonyl (C=O) groups is 2. The number of rotatable bonds is 6. The number of thioether (sulfide) groups is 1. The maximum atomic E-state index is 12.2. The Bertz CT molecular complexity index is 633. The van der Waals surface area contributed by atoms with Gasteiger partial charge in [0, 0.05) is 12.1 Å². The first-order valence-electron chi connectivity index (χ1n) is 9.72. The van der Waals surface area contributed by atoms with Gasteiger partial charge >= 0.3 is 12.2 Å². The van der Waals surface area contributed by atoms with E-state index in [0.29, 0.717) is 0 Å². The van der Waals surface area contributed by atoms with Crippen LogP contribution in [0, 0.1) is 5.92 Å². The quantitative estimate of drug-likeness (QED) is 0.732. The van der Waals surface area contributed by atoms with Crippen LogP contribution in [0.25, 0.3) is 0 Å². The Balaban J connectivity index is 1.82. The third-order valence-corrected chi connectivity index (χ3v) is 5.36. The first-order chi connectivity index (χ1) is 13.3. The lowest BCUT2D eigenvalue weighted by Gasteiger charge is -2.36. The van der Waals surface area contributed by atoms with Crippen molar-refractivity contribution < 1.29 is 19.1 Å². The van der Waals surface area contributed by atoms with Crippen LogP contribution in [0.4, 0.5) is 9.59 Å². The van der Waals surface area contributed by atoms with E-state index in [2.05, 4.69) is 16.9 Å². The second-order valence-corrected chi connectivity index (χ2v) is 9.09. The fraction of sp³-hybridized carbons (Fsp3) is 0.619. The largest absolute Gasteiger partial charge is 0.445 e. The third kappa shape index (κ3) is 8.00. The summed E-state index contributed by atoms with van der Waals surface area (Å²) in [5.41, 5.74) is 0.452. The van der Waals surface area contributed by atoms with Crippen molar-refractivity contribution in [1.82, 2.24) is 10.6 Å². The molecule has 1 saturated carbocycles. The molecular formula is C21H32N2O4S. The monoisotopic (exact) mass is 408 g/mol. The van der Waals surface area contributed by atoms with Crippen LogP contribution in [-0.2, 0) is 16.1 Å². The zero-order valence-corrected chi connectivity index (χ0v) is 18.0. The number of hydrogen-bond donors (Lipinski definition) is 2. The van der Waals surface area contributed by atoms with Gasteiger partial charge in [0.05, 0.1) is 0 Å². The Morgan fingerprint density at radius 2 is 1.82 bits per heavy atom. The van der Waals surface area contributed by atoms with Gasteiger partial charge < -0.3 is 20.1 Å². The molecule has 6 nitrogen and oxygen atoms in total. The van der Waals surface area contributed by atoms with E-state index >= 15 is 0 Å². The van der Waals surface area contributed by atoms with Gasteiger partial charge in [0.25, 0.3) is 0 Å². The van der Waals surface area contributed by atoms with E-state index < -0.39 is 11.7 Å². The van der Waals surface area contributed by atoms with E-state index in [9.17, 15) is 9.59 Å². The highest BCUT2D eigenvalue weighted by atomic mass is 32.2. The summed E-state index contributed by atoms with van der Waals surface area (Å²) in [4.78, 5) is 24.3. The maximum absolute atomic E-state index is 12.2. The van der Waals surface area contributed by atoms with Crippen LogP contribution >= 0.6 is 11.8 Å². The van der Waals surface area contributed by atoms with Crippen molar-refractivity contribution in [2.75, 3.05) is 12.0 Å². The predicted molar refractivity (Wildman–Crippen MR) is 112 cm³/mol. The van der Waals surface area contributed by atoms with E-state index in [1.165, 1.54) is 0 Å². The summed E-state index contributed by atoms with van der Waals surface area (Å²) < 4.78 is 10.7. The first kappa shape index (κ1) is 22.4. The zero-order valence-electron chi connectivity index (χ0n) is 17.2. The lowest BCUT2D eigenvalue weighted by atomic mass is 9.82. The van der Waals surface area contributed by atoms with Crippen molar-refractivity contribution in [2.45, 2.75) is 64.3 Å². The van der Waals surface area contributed by atoms with Crippen LogP contribution < -0.4 is 10.6 Å². The van der Waals surface area contributed by atoms with Crippen LogP contribution in [0.1, 0.15) is 45.6 Å². The smallest absolute Gasteiger partial charge is 0.407 e. The van der Waals surface area contributed by atoms with Gasteiger partial charge in [0.15, 0.2) is 0 Å². The number of alkyl carbamates (subject to hydrolysis) is 2. The van der Waals surface area contributed by atoms with Gasteiger partial charge in [-0.05, 0) is 63.5 Å². The predicted octanol–water partition coefficient (Wildman–Crippen LogP) is 4.34. The summed E-state index contributed by atoms with van der Waals surface area (Å²) in [6.45, 7) is 5.82. The van der Waals surface area contributed by atoms with E-state index in [-0.39, 0.29) is 30.7 Å². The lowest BCUT2D eigenvalue weighted by Crippen LogP contribution is -2.50. The Hall–Kier alpha value is -1.89. The molecule has 28 heavy (non-hydrogen) atoms. The summed E-state index contributed by atoms with van der Waals surface area (Å²) in [5.74, 6) is 1.18. The average Bonchev–Trinajstić information content (AvgIpc) is 2.61. The van der Waals surface area contributed by atoms with Crippen LogP contribution in [0.5, 0.6) is 0 Å². The van der Waals surface area contributed by atoms with Crippen molar-refractivity contribution in [3.8, 4) is 0 Å². The van der Waals surface area contributed by atoms with Crippen LogP contribution in [0.2, 0.25) is 0 Å². The van der Waals surface area contributed by atoms with Crippen LogP contribution in [0.3, 0.4) is 0 Å². The number of amides is 2. The van der Waals surface area contributed by atoms with Gasteiger partial charge in [-0.2, -0.15) is 11.8 Å². The number of nitrogens with one attached hydrogen (secondary N) is 2. The molecule has 3 atom stereocenters. The highest BCUT2D eigenvalue weighted by molar-refractivity contribution is 7.98. The average molecular weight is 409 g/mol. The molecule has 0 bridgehead atoms. The second-order valence-electron chi connectivity index (χ2n) is 8.18. The topological polar surface area (TPSA) is 76.7 Å². The molecule has 1 aliphatic rings. The maximum Gasteiger partial charge on any atom is 0.407 e. The third-order valence-electron chi connectivity index (χ3n) is 4.60. The molecule has 7 heteroatoms. The normalized spacial score (nSPS) is 22.2. The zero-order chi connectivity index (χ0) is 20.6. The Morgan fingerprint density at radius 1 is 1.11 bits per heavy atom. The van der Waals surface area contributed by atoms with Crippen molar-refractivity contribution >= 4 is 23.9 Å². The van der Waals surface area contributed by atoms with Gasteiger partial charge in [0.2, 0.25) is 0 Å². The van der Waals surface area contributed by atoms with Gasteiger partial charge in [-0.1, -0.05) is 30.3 Å². The second kappa shape index (κ2) is 10.6. The Kier molecular flexibility index (Phi) is 8.48. The summed E-state index contributed by atoms with van der Waals surface area (Å²) in [6.07, 6.45) is 3.69. The Labute approximate surface area is 172 Å². The fourth-order valence-corrected chi connectivity index (χ4v) is 4.17. The highest BCUT2D eigenvalue weighted by Gasteiger charge is 2.33. The van der Waals surface area contributed by atoms with Crippen molar-refractivity contribution in [2.24, 2.45) is 5.92 Å². The molecule has 0 aliphatic heterocycles. The molecule has 1 aromatic carbocycles. The molecule has 0 aromatic heterocycles. The summed E-state index contributed by atoms with van der Waals surface area (Å²) in [6, 6.07) is 9.74. The van der Waals surface area contributed by atoms with Crippen LogP contribution in [0.15, 0.2) is 30.3 Å². The molecule has 1 fully saturated rings. The van der Waals surface area contributed by atoms with Gasteiger partial charge in [-0.3, -0.25) is 0 Å². The molecule has 0 spiro atoms. The van der Waals surface area contributed by atoms with Gasteiger partial charge in [0.1, 0.15) is 12.2 Å². The minimum absolute atomic E-state index is 0.0485. The van der Waals surface area contributed by atoms with Gasteiger partial charge in [-0.25, -0.2) is 9.59 Å². The minimum Gasteiger partial charge on any atom is -0.445 e. The molecule has 0 radical (unpaired) electrons. The fourth-order valence-electron chi connectivity index (χ4n) is 3.37. The van der Waals surface area contributed by atoms with E-state index in [1.807, 2.05) is 51.1 Å². The lowest BCUT2D eigenvalue weighted by molar-refractivity contribution is 0.0478.